The molecule has 4 nitrogen and oxygen atoms in total. The number of rotatable bonds is 7. The number of hydrogen-bond donors (Lipinski definition) is 1. The van der Waals surface area contributed by atoms with Crippen molar-refractivity contribution in [1.82, 2.24) is 10.3 Å². The molecule has 2 aromatic carbocycles. The predicted molar refractivity (Wildman–Crippen MR) is 118 cm³/mol. The molecule has 29 heavy (non-hydrogen) atoms. The second-order valence-corrected chi connectivity index (χ2v) is 7.30. The molecule has 1 aromatic heterocycles. The molecular formula is C25H30N2O2. The van der Waals surface area contributed by atoms with E-state index in [1.807, 2.05) is 43.3 Å². The average molecular weight is 391 g/mol. The van der Waals surface area contributed by atoms with Crippen LogP contribution in [0.2, 0.25) is 0 Å². The van der Waals surface area contributed by atoms with E-state index in [1.165, 1.54) is 16.7 Å². The van der Waals surface area contributed by atoms with Crippen molar-refractivity contribution in [1.29, 1.82) is 0 Å². The third kappa shape index (κ3) is 5.15. The van der Waals surface area contributed by atoms with Gasteiger partial charge in [-0.15, -0.1) is 0 Å². The molecule has 0 saturated carbocycles. The topological polar surface area (TPSA) is 47.3 Å². The lowest BCUT2D eigenvalue weighted by Gasteiger charge is -2.09. The van der Waals surface area contributed by atoms with Crippen LogP contribution in [0.25, 0.3) is 11.5 Å². The molecule has 4 rings (SSSR count). The molecule has 3 aromatic rings. The highest BCUT2D eigenvalue weighted by atomic mass is 16.5. The van der Waals surface area contributed by atoms with Crippen LogP contribution in [-0.2, 0) is 12.8 Å². The molecule has 0 radical (unpaired) electrons. The molecule has 1 aliphatic heterocycles. The smallest absolute Gasteiger partial charge is 0.226 e. The van der Waals surface area contributed by atoms with E-state index in [-0.39, 0.29) is 7.43 Å². The Hall–Kier alpha value is -2.85. The lowest BCUT2D eigenvalue weighted by Crippen LogP contribution is -2.09. The lowest BCUT2D eigenvalue weighted by molar-refractivity contribution is 0.319. The summed E-state index contributed by atoms with van der Waals surface area (Å²) in [6.07, 6.45) is 1.71. The number of nitrogens with zero attached hydrogens (tertiary/aromatic N) is 1. The molecule has 0 atom stereocenters. The maximum atomic E-state index is 6.00. The molecule has 0 saturated heterocycles. The summed E-state index contributed by atoms with van der Waals surface area (Å²) < 4.78 is 11.8. The summed E-state index contributed by atoms with van der Waals surface area (Å²) in [5.41, 5.74) is 6.19. The van der Waals surface area contributed by atoms with Crippen LogP contribution in [0.15, 0.2) is 70.2 Å². The Morgan fingerprint density at radius 2 is 1.86 bits per heavy atom. The van der Waals surface area contributed by atoms with Gasteiger partial charge in [0.15, 0.2) is 0 Å². The first-order valence-corrected chi connectivity index (χ1v) is 9.81. The molecule has 152 valence electrons. The quantitative estimate of drug-likeness (QED) is 0.551. The minimum Gasteiger partial charge on any atom is -0.493 e. The van der Waals surface area contributed by atoms with Crippen LogP contribution in [-0.4, -0.2) is 24.7 Å². The zero-order chi connectivity index (χ0) is 19.3. The first-order chi connectivity index (χ1) is 13.7. The van der Waals surface area contributed by atoms with Crippen molar-refractivity contribution in [2.45, 2.75) is 34.1 Å². The van der Waals surface area contributed by atoms with Crippen molar-refractivity contribution in [3.63, 3.8) is 0 Å². The van der Waals surface area contributed by atoms with Gasteiger partial charge in [-0.2, -0.15) is 0 Å². The minimum absolute atomic E-state index is 0. The molecule has 0 amide bonds. The van der Waals surface area contributed by atoms with Crippen molar-refractivity contribution in [3.8, 4) is 17.2 Å². The summed E-state index contributed by atoms with van der Waals surface area (Å²) in [4.78, 5) is 4.65. The van der Waals surface area contributed by atoms with Gasteiger partial charge in [0.05, 0.1) is 12.3 Å². The Bertz CT molecular complexity index is 973. The van der Waals surface area contributed by atoms with Crippen LogP contribution in [0, 0.1) is 6.92 Å². The van der Waals surface area contributed by atoms with Crippen molar-refractivity contribution < 1.29 is 9.15 Å². The largest absolute Gasteiger partial charge is 0.493 e. The number of benzene rings is 2. The van der Waals surface area contributed by atoms with Crippen LogP contribution in [0.5, 0.6) is 5.75 Å². The van der Waals surface area contributed by atoms with Crippen LogP contribution >= 0.6 is 0 Å². The first-order valence-electron chi connectivity index (χ1n) is 9.81. The van der Waals surface area contributed by atoms with Crippen molar-refractivity contribution in [2.24, 2.45) is 0 Å². The van der Waals surface area contributed by atoms with E-state index in [9.17, 15) is 0 Å². The number of hydrogen-bond acceptors (Lipinski definition) is 4. The van der Waals surface area contributed by atoms with E-state index in [4.69, 9.17) is 9.15 Å². The molecule has 2 heterocycles. The summed E-state index contributed by atoms with van der Waals surface area (Å²) in [5, 5.41) is 3.41. The Labute approximate surface area is 173 Å². The predicted octanol–water partition coefficient (Wildman–Crippen LogP) is 5.37. The van der Waals surface area contributed by atoms with E-state index in [0.717, 1.165) is 48.7 Å². The highest BCUT2D eigenvalue weighted by Gasteiger charge is 2.12. The van der Waals surface area contributed by atoms with Crippen LogP contribution in [0.4, 0.5) is 0 Å². The molecule has 0 fully saturated rings. The van der Waals surface area contributed by atoms with E-state index in [0.29, 0.717) is 12.5 Å². The van der Waals surface area contributed by atoms with Crippen LogP contribution in [0.1, 0.15) is 31.4 Å². The van der Waals surface area contributed by atoms with Gasteiger partial charge in [0, 0.05) is 25.1 Å². The zero-order valence-electron chi connectivity index (χ0n) is 16.5. The second kappa shape index (κ2) is 9.57. The number of aryl methyl sites for hydroxylation is 1. The van der Waals surface area contributed by atoms with Gasteiger partial charge in [0.2, 0.25) is 5.89 Å². The van der Waals surface area contributed by atoms with Crippen molar-refractivity contribution in [2.75, 3.05) is 19.7 Å². The van der Waals surface area contributed by atoms with Crippen molar-refractivity contribution in [3.05, 3.63) is 82.8 Å². The summed E-state index contributed by atoms with van der Waals surface area (Å²) in [7, 11) is 0. The Morgan fingerprint density at radius 1 is 1.03 bits per heavy atom. The van der Waals surface area contributed by atoms with Crippen molar-refractivity contribution >= 4 is 0 Å². The maximum absolute atomic E-state index is 6.00. The van der Waals surface area contributed by atoms with Crippen LogP contribution in [0.3, 0.4) is 0 Å². The SMILES string of the molecule is C.CC1=C(Cc2cccc(OCCc3nc(-c4ccccc4)oc3C)c2)CNC1. The number of nitrogens with one attached hydrogen (secondary N) is 1. The molecule has 0 aliphatic carbocycles. The Morgan fingerprint density at radius 3 is 2.62 bits per heavy atom. The highest BCUT2D eigenvalue weighted by Crippen LogP contribution is 2.23. The van der Waals surface area contributed by atoms with Gasteiger partial charge in [-0.3, -0.25) is 0 Å². The molecule has 0 unspecified atom stereocenters. The Kier molecular flexibility index (Phi) is 6.89. The van der Waals surface area contributed by atoms with Gasteiger partial charge in [0.25, 0.3) is 0 Å². The zero-order valence-corrected chi connectivity index (χ0v) is 16.5. The summed E-state index contributed by atoms with van der Waals surface area (Å²) >= 11 is 0. The second-order valence-electron chi connectivity index (χ2n) is 7.30. The molecule has 4 heteroatoms. The average Bonchev–Trinajstić information content (AvgIpc) is 3.29. The first kappa shape index (κ1) is 20.9. The van der Waals surface area contributed by atoms with E-state index in [2.05, 4.69) is 35.4 Å². The molecule has 0 spiro atoms. The molecular weight excluding hydrogens is 360 g/mol. The summed E-state index contributed by atoms with van der Waals surface area (Å²) in [5.74, 6) is 2.43. The van der Waals surface area contributed by atoms with E-state index in [1.54, 1.807) is 0 Å². The van der Waals surface area contributed by atoms with Gasteiger partial charge in [-0.25, -0.2) is 4.98 Å². The van der Waals surface area contributed by atoms with Gasteiger partial charge in [-0.05, 0) is 50.1 Å². The molecule has 1 aliphatic rings. The monoisotopic (exact) mass is 390 g/mol. The van der Waals surface area contributed by atoms with Gasteiger partial charge >= 0.3 is 0 Å². The maximum Gasteiger partial charge on any atom is 0.226 e. The van der Waals surface area contributed by atoms with Crippen LogP contribution < -0.4 is 10.1 Å². The highest BCUT2D eigenvalue weighted by molar-refractivity contribution is 5.53. The minimum atomic E-state index is 0. The lowest BCUT2D eigenvalue weighted by atomic mass is 10.0. The number of aromatic nitrogens is 1. The third-order valence-electron chi connectivity index (χ3n) is 5.17. The standard InChI is InChI=1S/C24H26N2O2.CH4/c1-17-15-25-16-21(17)13-19-7-6-10-22(14-19)27-12-11-23-18(2)28-24(26-23)20-8-4-3-5-9-20;/h3-10,14,25H,11-13,15-16H2,1-2H3;1H4. The van der Waals surface area contributed by atoms with E-state index < -0.39 is 0 Å². The van der Waals surface area contributed by atoms with E-state index >= 15 is 0 Å². The fourth-order valence-electron chi connectivity index (χ4n) is 3.51. The van der Waals surface area contributed by atoms with Gasteiger partial charge in [0.1, 0.15) is 11.5 Å². The summed E-state index contributed by atoms with van der Waals surface area (Å²) in [6, 6.07) is 18.4. The molecule has 0 bridgehead atoms. The molecule has 1 N–H and O–H groups in total. The summed E-state index contributed by atoms with van der Waals surface area (Å²) in [6.45, 7) is 6.74. The Balaban J connectivity index is 0.00000240. The normalized spacial score (nSPS) is 13.4. The fraction of sp³-hybridized carbons (Fsp3) is 0.320. The fourth-order valence-corrected chi connectivity index (χ4v) is 3.51. The van der Waals surface area contributed by atoms with Gasteiger partial charge < -0.3 is 14.5 Å². The number of oxazole rings is 1. The van der Waals surface area contributed by atoms with Gasteiger partial charge in [-0.1, -0.05) is 48.9 Å². The number of ether oxygens (including phenoxy) is 1. The third-order valence-corrected chi connectivity index (χ3v) is 5.17.